The zero-order valence-corrected chi connectivity index (χ0v) is 17.2. The number of benzene rings is 1. The van der Waals surface area contributed by atoms with E-state index < -0.39 is 17.4 Å². The van der Waals surface area contributed by atoms with Crippen LogP contribution in [0.3, 0.4) is 0 Å². The Hall–Kier alpha value is -1.98. The minimum atomic E-state index is -0.823. The third-order valence-electron chi connectivity index (χ3n) is 4.78. The van der Waals surface area contributed by atoms with Crippen LogP contribution in [-0.4, -0.2) is 40.7 Å². The van der Waals surface area contributed by atoms with Crippen molar-refractivity contribution in [2.45, 2.75) is 43.4 Å². The molecule has 0 aromatic heterocycles. The van der Waals surface area contributed by atoms with Crippen LogP contribution in [0, 0.1) is 11.3 Å². The van der Waals surface area contributed by atoms with Gasteiger partial charge in [0.25, 0.3) is 5.91 Å². The van der Waals surface area contributed by atoms with Crippen molar-refractivity contribution >= 4 is 39.8 Å². The van der Waals surface area contributed by atoms with Gasteiger partial charge < -0.3 is 10.1 Å². The van der Waals surface area contributed by atoms with Gasteiger partial charge in [0, 0.05) is 11.5 Å². The summed E-state index contributed by atoms with van der Waals surface area (Å²) in [4.78, 5) is 29.1. The Kier molecular flexibility index (Phi) is 7.40. The van der Waals surface area contributed by atoms with E-state index in [9.17, 15) is 14.9 Å². The molecule has 3 rings (SSSR count). The van der Waals surface area contributed by atoms with Crippen LogP contribution in [0.2, 0.25) is 0 Å². The van der Waals surface area contributed by atoms with Crippen molar-refractivity contribution in [3.05, 3.63) is 35.4 Å². The molecule has 0 spiro atoms. The molecule has 8 heteroatoms. The fourth-order valence-corrected chi connectivity index (χ4v) is 5.33. The van der Waals surface area contributed by atoms with Crippen molar-refractivity contribution in [1.29, 1.82) is 5.26 Å². The second-order valence-electron chi connectivity index (χ2n) is 6.82. The number of nitrogens with zero attached hydrogens (tertiary/aromatic N) is 2. The summed E-state index contributed by atoms with van der Waals surface area (Å²) in [5.74, 6) is 0.675. The van der Waals surface area contributed by atoms with E-state index in [0.29, 0.717) is 24.2 Å². The number of hydrogen-bond acceptors (Lipinski definition) is 7. The highest BCUT2D eigenvalue weighted by atomic mass is 32.2. The highest BCUT2D eigenvalue weighted by molar-refractivity contribution is 8.38. The number of esters is 1. The Balaban J connectivity index is 1.54. The molecule has 1 amide bonds. The number of hydrogen-bond donors (Lipinski definition) is 1. The molecule has 0 atom stereocenters. The summed E-state index contributed by atoms with van der Waals surface area (Å²) in [5.41, 5.74) is 0.489. The lowest BCUT2D eigenvalue weighted by molar-refractivity contribution is -0.125. The first-order valence-electron chi connectivity index (χ1n) is 9.39. The van der Waals surface area contributed by atoms with Gasteiger partial charge in [0.15, 0.2) is 6.61 Å². The van der Waals surface area contributed by atoms with Gasteiger partial charge in [-0.2, -0.15) is 5.26 Å². The van der Waals surface area contributed by atoms with Crippen LogP contribution in [0.1, 0.15) is 48.0 Å². The SMILES string of the molecule is N#CC1(NC(=O)COC(=O)c2ccccc2CSC2=NCCS2)CCCCC1. The molecule has 2 aliphatic rings. The lowest BCUT2D eigenvalue weighted by atomic mass is 9.83. The van der Waals surface area contributed by atoms with E-state index in [2.05, 4.69) is 16.4 Å². The van der Waals surface area contributed by atoms with E-state index in [4.69, 9.17) is 4.74 Å². The third-order valence-corrected chi connectivity index (χ3v) is 7.08. The van der Waals surface area contributed by atoms with Gasteiger partial charge in [-0.3, -0.25) is 9.79 Å². The van der Waals surface area contributed by atoms with Gasteiger partial charge in [0.2, 0.25) is 0 Å². The first kappa shape index (κ1) is 20.7. The van der Waals surface area contributed by atoms with E-state index >= 15 is 0 Å². The van der Waals surface area contributed by atoms with Gasteiger partial charge >= 0.3 is 5.97 Å². The Labute approximate surface area is 173 Å². The molecular weight excluding hydrogens is 394 g/mol. The van der Waals surface area contributed by atoms with E-state index in [-0.39, 0.29) is 6.61 Å². The van der Waals surface area contributed by atoms with Crippen LogP contribution >= 0.6 is 23.5 Å². The van der Waals surface area contributed by atoms with Gasteiger partial charge in [-0.05, 0) is 24.5 Å². The average molecular weight is 418 g/mol. The molecule has 0 saturated heterocycles. The molecule has 1 aliphatic heterocycles. The monoisotopic (exact) mass is 417 g/mol. The lowest BCUT2D eigenvalue weighted by Gasteiger charge is -2.31. The summed E-state index contributed by atoms with van der Waals surface area (Å²) in [6.45, 7) is 0.461. The maximum absolute atomic E-state index is 12.5. The fraction of sp³-hybridized carbons (Fsp3) is 0.500. The van der Waals surface area contributed by atoms with Crippen LogP contribution in [0.5, 0.6) is 0 Å². The van der Waals surface area contributed by atoms with Crippen molar-refractivity contribution in [1.82, 2.24) is 5.32 Å². The predicted molar refractivity (Wildman–Crippen MR) is 112 cm³/mol. The number of ether oxygens (including phenoxy) is 1. The van der Waals surface area contributed by atoms with Crippen LogP contribution in [0.25, 0.3) is 0 Å². The highest BCUT2D eigenvalue weighted by Gasteiger charge is 2.33. The van der Waals surface area contributed by atoms with Crippen molar-refractivity contribution in [3.8, 4) is 6.07 Å². The second-order valence-corrected chi connectivity index (χ2v) is 9.13. The van der Waals surface area contributed by atoms with Gasteiger partial charge in [-0.25, -0.2) is 4.79 Å². The molecule has 28 heavy (non-hydrogen) atoms. The van der Waals surface area contributed by atoms with Crippen LogP contribution in [0.15, 0.2) is 29.3 Å². The van der Waals surface area contributed by atoms with Crippen LogP contribution in [-0.2, 0) is 15.3 Å². The minimum absolute atomic E-state index is 0.383. The quantitative estimate of drug-likeness (QED) is 0.712. The summed E-state index contributed by atoms with van der Waals surface area (Å²) in [5, 5.41) is 12.2. The number of amides is 1. The summed E-state index contributed by atoms with van der Waals surface area (Å²) in [6, 6.07) is 9.48. The normalized spacial score (nSPS) is 18.0. The number of carbonyl (C=O) groups is 2. The van der Waals surface area contributed by atoms with Crippen molar-refractivity contribution < 1.29 is 14.3 Å². The van der Waals surface area contributed by atoms with Gasteiger partial charge in [-0.15, -0.1) is 0 Å². The molecule has 1 fully saturated rings. The van der Waals surface area contributed by atoms with Gasteiger partial charge in [-0.1, -0.05) is 61.0 Å². The predicted octanol–water partition coefficient (Wildman–Crippen LogP) is 3.52. The van der Waals surface area contributed by atoms with Gasteiger partial charge in [0.05, 0.1) is 18.2 Å². The third kappa shape index (κ3) is 5.52. The molecule has 1 aliphatic carbocycles. The summed E-state index contributed by atoms with van der Waals surface area (Å²) >= 11 is 3.33. The van der Waals surface area contributed by atoms with Gasteiger partial charge in [0.1, 0.15) is 9.91 Å². The Morgan fingerprint density at radius 2 is 2.07 bits per heavy atom. The van der Waals surface area contributed by atoms with Crippen molar-refractivity contribution in [2.24, 2.45) is 4.99 Å². The molecular formula is C20H23N3O3S2. The average Bonchev–Trinajstić information content (AvgIpc) is 3.25. The van der Waals surface area contributed by atoms with Crippen molar-refractivity contribution in [3.63, 3.8) is 0 Å². The van der Waals surface area contributed by atoms with E-state index in [1.165, 1.54) is 0 Å². The number of nitriles is 1. The smallest absolute Gasteiger partial charge is 0.338 e. The fourth-order valence-electron chi connectivity index (χ4n) is 3.32. The molecule has 1 heterocycles. The molecule has 1 N–H and O–H groups in total. The Bertz CT molecular complexity index is 798. The van der Waals surface area contributed by atoms with Crippen molar-refractivity contribution in [2.75, 3.05) is 18.9 Å². The maximum Gasteiger partial charge on any atom is 0.338 e. The summed E-state index contributed by atoms with van der Waals surface area (Å²) < 4.78 is 6.27. The standard InChI is InChI=1S/C20H23N3O3S2/c21-14-20(8-4-1-5-9-20)23-17(24)12-26-18(25)16-7-3-2-6-15(16)13-28-19-22-10-11-27-19/h2-3,6-7H,1,4-5,8-13H2,(H,23,24). The molecule has 1 aromatic rings. The number of nitrogens with one attached hydrogen (secondary N) is 1. The van der Waals surface area contributed by atoms with Crippen LogP contribution < -0.4 is 5.32 Å². The Morgan fingerprint density at radius 1 is 1.29 bits per heavy atom. The topological polar surface area (TPSA) is 91.5 Å². The number of carbonyl (C=O) groups excluding carboxylic acids is 2. The first-order chi connectivity index (χ1) is 13.6. The molecule has 148 valence electrons. The van der Waals surface area contributed by atoms with Crippen LogP contribution in [0.4, 0.5) is 0 Å². The zero-order valence-electron chi connectivity index (χ0n) is 15.6. The summed E-state index contributed by atoms with van der Waals surface area (Å²) in [6.07, 6.45) is 4.20. The molecule has 1 saturated carbocycles. The largest absolute Gasteiger partial charge is 0.452 e. The summed E-state index contributed by atoms with van der Waals surface area (Å²) in [7, 11) is 0. The van der Waals surface area contributed by atoms with E-state index in [1.54, 1.807) is 35.7 Å². The Morgan fingerprint density at radius 3 is 2.79 bits per heavy atom. The molecule has 0 bridgehead atoms. The number of thioether (sulfide) groups is 2. The molecule has 1 aromatic carbocycles. The molecule has 6 nitrogen and oxygen atoms in total. The zero-order chi connectivity index (χ0) is 19.8. The second kappa shape index (κ2) is 9.99. The van der Waals surface area contributed by atoms with E-state index in [0.717, 1.165) is 41.5 Å². The first-order valence-corrected chi connectivity index (χ1v) is 11.4. The maximum atomic E-state index is 12.5. The van der Waals surface area contributed by atoms with E-state index in [1.807, 2.05) is 12.1 Å². The lowest BCUT2D eigenvalue weighted by Crippen LogP contribution is -2.50. The number of aliphatic imine (C=N–C) groups is 1. The highest BCUT2D eigenvalue weighted by Crippen LogP contribution is 2.28. The molecule has 0 unspecified atom stereocenters. The minimum Gasteiger partial charge on any atom is -0.452 e. The number of rotatable bonds is 6. The molecule has 0 radical (unpaired) electrons.